The molecule has 98 valence electrons. The maximum atomic E-state index is 12.2. The van der Waals surface area contributed by atoms with Crippen molar-refractivity contribution in [3.8, 4) is 0 Å². The number of likely N-dealkylation sites (tertiary alicyclic amines) is 1. The molecule has 1 aromatic rings. The summed E-state index contributed by atoms with van der Waals surface area (Å²) in [5.41, 5.74) is 0.547. The maximum absolute atomic E-state index is 12.2. The van der Waals surface area contributed by atoms with Crippen LogP contribution in [0.1, 0.15) is 30.1 Å². The van der Waals surface area contributed by atoms with E-state index < -0.39 is 0 Å². The summed E-state index contributed by atoms with van der Waals surface area (Å²) < 4.78 is 0. The molecule has 5 heteroatoms. The molecule has 0 aliphatic carbocycles. The molecule has 0 saturated carbocycles. The van der Waals surface area contributed by atoms with Crippen LogP contribution in [0.15, 0.2) is 18.3 Å². The first-order valence-corrected chi connectivity index (χ1v) is 6.54. The van der Waals surface area contributed by atoms with Gasteiger partial charge in [0.15, 0.2) is 0 Å². The van der Waals surface area contributed by atoms with Gasteiger partial charge in [-0.15, -0.1) is 0 Å². The van der Waals surface area contributed by atoms with Crippen LogP contribution in [0, 0.1) is 5.92 Å². The van der Waals surface area contributed by atoms with E-state index in [4.69, 9.17) is 11.6 Å². The van der Waals surface area contributed by atoms with Crippen LogP contribution in [0.3, 0.4) is 0 Å². The predicted octanol–water partition coefficient (Wildman–Crippen LogP) is 1.97. The summed E-state index contributed by atoms with van der Waals surface area (Å²) in [4.78, 5) is 17.9. The Hall–Kier alpha value is -1.13. The third kappa shape index (κ3) is 3.00. The molecule has 0 spiro atoms. The lowest BCUT2D eigenvalue weighted by atomic mass is 9.93. The lowest BCUT2D eigenvalue weighted by Gasteiger charge is -2.34. The zero-order valence-corrected chi connectivity index (χ0v) is 11.1. The quantitative estimate of drug-likeness (QED) is 0.835. The molecule has 2 unspecified atom stereocenters. The summed E-state index contributed by atoms with van der Waals surface area (Å²) in [7, 11) is 0. The number of aromatic nitrogens is 1. The molecule has 2 heterocycles. The van der Waals surface area contributed by atoms with Gasteiger partial charge in [0.05, 0.1) is 11.7 Å². The van der Waals surface area contributed by atoms with Crippen molar-refractivity contribution in [1.29, 1.82) is 0 Å². The first-order valence-electron chi connectivity index (χ1n) is 6.17. The predicted molar refractivity (Wildman–Crippen MR) is 69.6 cm³/mol. The van der Waals surface area contributed by atoms with Crippen molar-refractivity contribution in [2.24, 2.45) is 5.92 Å². The van der Waals surface area contributed by atoms with E-state index in [9.17, 15) is 9.90 Å². The minimum Gasteiger partial charge on any atom is -0.393 e. The summed E-state index contributed by atoms with van der Waals surface area (Å²) in [5, 5.41) is 10.00. The number of rotatable bonds is 2. The largest absolute Gasteiger partial charge is 0.393 e. The second-order valence-corrected chi connectivity index (χ2v) is 5.15. The number of carbonyl (C=O) groups excluding carboxylic acids is 1. The van der Waals surface area contributed by atoms with E-state index in [1.54, 1.807) is 24.0 Å². The highest BCUT2D eigenvalue weighted by Gasteiger charge is 2.27. The van der Waals surface area contributed by atoms with Crippen LogP contribution < -0.4 is 0 Å². The molecule has 1 aliphatic heterocycles. The molecule has 1 saturated heterocycles. The summed E-state index contributed by atoms with van der Waals surface area (Å²) in [6.07, 6.45) is 3.03. The monoisotopic (exact) mass is 268 g/mol. The molecule has 1 amide bonds. The van der Waals surface area contributed by atoms with Crippen LogP contribution in [0.5, 0.6) is 0 Å². The van der Waals surface area contributed by atoms with E-state index in [2.05, 4.69) is 4.98 Å². The topological polar surface area (TPSA) is 53.4 Å². The van der Waals surface area contributed by atoms with E-state index in [0.717, 1.165) is 19.4 Å². The zero-order chi connectivity index (χ0) is 13.1. The molecule has 18 heavy (non-hydrogen) atoms. The number of nitrogens with zero attached hydrogens (tertiary/aromatic N) is 2. The SMILES string of the molecule is CC(O)C1CCCN(C(=O)c2ccc(Cl)nc2)C1. The van der Waals surface area contributed by atoms with Gasteiger partial charge in [-0.05, 0) is 31.9 Å². The van der Waals surface area contributed by atoms with Crippen LogP contribution in [0.2, 0.25) is 5.15 Å². The fraction of sp³-hybridized carbons (Fsp3) is 0.538. The second-order valence-electron chi connectivity index (χ2n) is 4.76. The first kappa shape index (κ1) is 13.3. The molecule has 1 fully saturated rings. The summed E-state index contributed by atoms with van der Waals surface area (Å²) >= 11 is 5.70. The Morgan fingerprint density at radius 2 is 2.39 bits per heavy atom. The van der Waals surface area contributed by atoms with Crippen LogP contribution in [-0.4, -0.2) is 40.1 Å². The number of pyridine rings is 1. The van der Waals surface area contributed by atoms with Gasteiger partial charge in [-0.3, -0.25) is 4.79 Å². The summed E-state index contributed by atoms with van der Waals surface area (Å²) in [5.74, 6) is 0.132. The van der Waals surface area contributed by atoms with Gasteiger partial charge < -0.3 is 10.0 Å². The Bertz CT molecular complexity index is 420. The number of aliphatic hydroxyl groups excluding tert-OH is 1. The Morgan fingerprint density at radius 3 is 3.00 bits per heavy atom. The Labute approximate surface area is 112 Å². The summed E-state index contributed by atoms with van der Waals surface area (Å²) in [6, 6.07) is 3.30. The molecule has 2 rings (SSSR count). The highest BCUT2D eigenvalue weighted by Crippen LogP contribution is 2.21. The highest BCUT2D eigenvalue weighted by atomic mass is 35.5. The number of carbonyl (C=O) groups is 1. The zero-order valence-electron chi connectivity index (χ0n) is 10.3. The fourth-order valence-corrected chi connectivity index (χ4v) is 2.38. The van der Waals surface area contributed by atoms with E-state index >= 15 is 0 Å². The number of halogens is 1. The van der Waals surface area contributed by atoms with Crippen LogP contribution in [0.25, 0.3) is 0 Å². The van der Waals surface area contributed by atoms with Gasteiger partial charge in [-0.1, -0.05) is 11.6 Å². The molecule has 1 aromatic heterocycles. The molecule has 0 radical (unpaired) electrons. The van der Waals surface area contributed by atoms with E-state index in [1.165, 1.54) is 6.20 Å². The van der Waals surface area contributed by atoms with Gasteiger partial charge in [0.2, 0.25) is 0 Å². The lowest BCUT2D eigenvalue weighted by molar-refractivity contribution is 0.0466. The van der Waals surface area contributed by atoms with Crippen LogP contribution in [-0.2, 0) is 0 Å². The van der Waals surface area contributed by atoms with Gasteiger partial charge in [0, 0.05) is 25.2 Å². The molecule has 1 aliphatic rings. The van der Waals surface area contributed by atoms with Crippen molar-refractivity contribution in [2.75, 3.05) is 13.1 Å². The standard InChI is InChI=1S/C13H17ClN2O2/c1-9(17)11-3-2-6-16(8-11)13(18)10-4-5-12(14)15-7-10/h4-5,7,9,11,17H,2-3,6,8H2,1H3. The van der Waals surface area contributed by atoms with Crippen molar-refractivity contribution >= 4 is 17.5 Å². The van der Waals surface area contributed by atoms with Crippen molar-refractivity contribution < 1.29 is 9.90 Å². The van der Waals surface area contributed by atoms with Crippen LogP contribution >= 0.6 is 11.6 Å². The lowest BCUT2D eigenvalue weighted by Crippen LogP contribution is -2.42. The first-order chi connectivity index (χ1) is 8.58. The van der Waals surface area contributed by atoms with E-state index in [1.807, 2.05) is 0 Å². The number of hydrogen-bond acceptors (Lipinski definition) is 3. The van der Waals surface area contributed by atoms with Crippen molar-refractivity contribution in [3.05, 3.63) is 29.0 Å². The Kier molecular flexibility index (Phi) is 4.19. The van der Waals surface area contributed by atoms with Gasteiger partial charge in [-0.2, -0.15) is 0 Å². The van der Waals surface area contributed by atoms with E-state index in [0.29, 0.717) is 17.3 Å². The van der Waals surface area contributed by atoms with Gasteiger partial charge in [0.25, 0.3) is 5.91 Å². The fourth-order valence-electron chi connectivity index (χ4n) is 2.27. The average Bonchev–Trinajstić information content (AvgIpc) is 2.39. The minimum absolute atomic E-state index is 0.0375. The van der Waals surface area contributed by atoms with Gasteiger partial charge in [0.1, 0.15) is 5.15 Å². The molecule has 0 aromatic carbocycles. The smallest absolute Gasteiger partial charge is 0.255 e. The third-order valence-corrected chi connectivity index (χ3v) is 3.63. The molecule has 2 atom stereocenters. The van der Waals surface area contributed by atoms with Gasteiger partial charge in [-0.25, -0.2) is 4.98 Å². The molecule has 4 nitrogen and oxygen atoms in total. The molecular formula is C13H17ClN2O2. The van der Waals surface area contributed by atoms with Crippen molar-refractivity contribution in [1.82, 2.24) is 9.88 Å². The van der Waals surface area contributed by atoms with Gasteiger partial charge >= 0.3 is 0 Å². The number of amides is 1. The van der Waals surface area contributed by atoms with Crippen molar-refractivity contribution in [3.63, 3.8) is 0 Å². The summed E-state index contributed by atoms with van der Waals surface area (Å²) in [6.45, 7) is 3.13. The Balaban J connectivity index is 2.06. The number of aliphatic hydroxyl groups is 1. The molecule has 0 bridgehead atoms. The number of hydrogen-bond donors (Lipinski definition) is 1. The normalized spacial score (nSPS) is 21.7. The Morgan fingerprint density at radius 1 is 1.61 bits per heavy atom. The number of piperidine rings is 1. The average molecular weight is 269 g/mol. The molecular weight excluding hydrogens is 252 g/mol. The maximum Gasteiger partial charge on any atom is 0.255 e. The minimum atomic E-state index is -0.371. The highest BCUT2D eigenvalue weighted by molar-refractivity contribution is 6.29. The second kappa shape index (κ2) is 5.67. The third-order valence-electron chi connectivity index (χ3n) is 3.40. The molecule has 1 N–H and O–H groups in total. The van der Waals surface area contributed by atoms with Crippen LogP contribution in [0.4, 0.5) is 0 Å². The van der Waals surface area contributed by atoms with E-state index in [-0.39, 0.29) is 17.9 Å². The van der Waals surface area contributed by atoms with Crippen molar-refractivity contribution in [2.45, 2.75) is 25.9 Å².